The molecule has 0 aromatic carbocycles. The molecular formula is C10H11BrN2O. The minimum atomic E-state index is 0.119. The van der Waals surface area contributed by atoms with Gasteiger partial charge < -0.3 is 5.32 Å². The molecular weight excluding hydrogens is 244 g/mol. The smallest absolute Gasteiger partial charge is 0.227 e. The highest BCUT2D eigenvalue weighted by molar-refractivity contribution is 9.10. The highest BCUT2D eigenvalue weighted by atomic mass is 79.9. The zero-order valence-electron chi connectivity index (χ0n) is 7.88. The molecule has 14 heavy (non-hydrogen) atoms. The molecule has 1 aromatic heterocycles. The van der Waals surface area contributed by atoms with Crippen molar-refractivity contribution >= 4 is 27.5 Å². The van der Waals surface area contributed by atoms with Crippen LogP contribution < -0.4 is 5.32 Å². The van der Waals surface area contributed by atoms with Gasteiger partial charge in [-0.1, -0.05) is 0 Å². The molecule has 1 heterocycles. The molecule has 0 saturated heterocycles. The van der Waals surface area contributed by atoms with Crippen LogP contribution >= 0.6 is 15.9 Å². The fraction of sp³-hybridized carbons (Fsp3) is 0.400. The maximum atomic E-state index is 11.4. The summed E-state index contributed by atoms with van der Waals surface area (Å²) in [6.45, 7) is 1.95. The quantitative estimate of drug-likeness (QED) is 0.825. The number of halogens is 1. The van der Waals surface area contributed by atoms with Crippen molar-refractivity contribution in [3.8, 4) is 0 Å². The fourth-order valence-corrected chi connectivity index (χ4v) is 1.43. The van der Waals surface area contributed by atoms with Crippen LogP contribution in [0, 0.1) is 12.8 Å². The molecule has 1 aliphatic rings. The third-order valence-corrected chi connectivity index (χ3v) is 3.06. The first-order valence-electron chi connectivity index (χ1n) is 4.60. The average Bonchev–Trinajstić information content (AvgIpc) is 2.94. The Bertz CT molecular complexity index is 374. The Kier molecular flexibility index (Phi) is 2.54. The SMILES string of the molecule is Cc1cc(NC(=O)C2CC2)cnc1Br. The van der Waals surface area contributed by atoms with Gasteiger partial charge in [0, 0.05) is 5.92 Å². The van der Waals surface area contributed by atoms with E-state index in [9.17, 15) is 4.79 Å². The number of carbonyl (C=O) groups is 1. The average molecular weight is 255 g/mol. The second-order valence-electron chi connectivity index (χ2n) is 3.60. The van der Waals surface area contributed by atoms with Crippen LogP contribution in [0.5, 0.6) is 0 Å². The number of nitrogens with zero attached hydrogens (tertiary/aromatic N) is 1. The minimum absolute atomic E-state index is 0.119. The van der Waals surface area contributed by atoms with Gasteiger partial charge in [-0.25, -0.2) is 4.98 Å². The van der Waals surface area contributed by atoms with Crippen LogP contribution in [0.2, 0.25) is 0 Å². The molecule has 0 unspecified atom stereocenters. The number of hydrogen-bond acceptors (Lipinski definition) is 2. The fourth-order valence-electron chi connectivity index (χ4n) is 1.22. The van der Waals surface area contributed by atoms with E-state index < -0.39 is 0 Å². The summed E-state index contributed by atoms with van der Waals surface area (Å²) in [7, 11) is 0. The predicted molar refractivity (Wildman–Crippen MR) is 58.0 cm³/mol. The summed E-state index contributed by atoms with van der Waals surface area (Å²) in [5, 5.41) is 2.85. The van der Waals surface area contributed by atoms with Gasteiger partial charge in [-0.3, -0.25) is 4.79 Å². The van der Waals surface area contributed by atoms with Gasteiger partial charge in [-0.05, 0) is 47.3 Å². The lowest BCUT2D eigenvalue weighted by molar-refractivity contribution is -0.117. The third kappa shape index (κ3) is 2.12. The third-order valence-electron chi connectivity index (χ3n) is 2.23. The number of carbonyl (C=O) groups excluding carboxylic acids is 1. The van der Waals surface area contributed by atoms with Gasteiger partial charge in [-0.2, -0.15) is 0 Å². The van der Waals surface area contributed by atoms with E-state index in [0.717, 1.165) is 28.7 Å². The van der Waals surface area contributed by atoms with Crippen LogP contribution in [0.3, 0.4) is 0 Å². The lowest BCUT2D eigenvalue weighted by Crippen LogP contribution is -2.13. The van der Waals surface area contributed by atoms with E-state index in [0.29, 0.717) is 0 Å². The summed E-state index contributed by atoms with van der Waals surface area (Å²) in [4.78, 5) is 15.5. The van der Waals surface area contributed by atoms with Crippen LogP contribution in [0.4, 0.5) is 5.69 Å². The van der Waals surface area contributed by atoms with Gasteiger partial charge in [0.05, 0.1) is 11.9 Å². The summed E-state index contributed by atoms with van der Waals surface area (Å²) in [5.41, 5.74) is 1.81. The Hall–Kier alpha value is -0.900. The van der Waals surface area contributed by atoms with Crippen LogP contribution in [-0.2, 0) is 4.79 Å². The Morgan fingerprint density at radius 2 is 2.36 bits per heavy atom. The molecule has 0 radical (unpaired) electrons. The van der Waals surface area contributed by atoms with Gasteiger partial charge in [-0.15, -0.1) is 0 Å². The van der Waals surface area contributed by atoms with E-state index in [1.165, 1.54) is 0 Å². The van der Waals surface area contributed by atoms with Crippen LogP contribution in [0.25, 0.3) is 0 Å². The van der Waals surface area contributed by atoms with Crippen LogP contribution in [0.15, 0.2) is 16.9 Å². The van der Waals surface area contributed by atoms with Crippen molar-refractivity contribution in [2.45, 2.75) is 19.8 Å². The van der Waals surface area contributed by atoms with Crippen molar-refractivity contribution in [3.05, 3.63) is 22.4 Å². The van der Waals surface area contributed by atoms with Crippen LogP contribution in [-0.4, -0.2) is 10.9 Å². The summed E-state index contributed by atoms with van der Waals surface area (Å²) >= 11 is 3.31. The minimum Gasteiger partial charge on any atom is -0.324 e. The summed E-state index contributed by atoms with van der Waals surface area (Å²) < 4.78 is 0.821. The molecule has 4 heteroatoms. The molecule has 0 aliphatic heterocycles. The van der Waals surface area contributed by atoms with E-state index in [-0.39, 0.29) is 11.8 Å². The standard InChI is InChI=1S/C10H11BrN2O/c1-6-4-8(5-12-9(6)11)13-10(14)7-2-3-7/h4-5,7H,2-3H2,1H3,(H,13,14). The highest BCUT2D eigenvalue weighted by Crippen LogP contribution is 2.30. The summed E-state index contributed by atoms with van der Waals surface area (Å²) in [6.07, 6.45) is 3.71. The number of nitrogens with one attached hydrogen (secondary N) is 1. The molecule has 74 valence electrons. The van der Waals surface area contributed by atoms with Gasteiger partial charge >= 0.3 is 0 Å². The Balaban J connectivity index is 2.08. The van der Waals surface area contributed by atoms with Crippen molar-refractivity contribution in [1.29, 1.82) is 0 Å². The number of amides is 1. The molecule has 3 nitrogen and oxygen atoms in total. The van der Waals surface area contributed by atoms with E-state index in [1.54, 1.807) is 6.20 Å². The molecule has 1 amide bonds. The second kappa shape index (κ2) is 3.69. The zero-order valence-corrected chi connectivity index (χ0v) is 9.47. The van der Waals surface area contributed by atoms with Crippen molar-refractivity contribution in [2.24, 2.45) is 5.92 Å². The normalized spacial score (nSPS) is 15.3. The maximum Gasteiger partial charge on any atom is 0.227 e. The molecule has 1 aliphatic carbocycles. The first kappa shape index (κ1) is 9.65. The van der Waals surface area contributed by atoms with Crippen molar-refractivity contribution in [2.75, 3.05) is 5.32 Å². The molecule has 1 N–H and O–H groups in total. The monoisotopic (exact) mass is 254 g/mol. The Labute approximate surface area is 91.0 Å². The molecule has 2 rings (SSSR count). The number of aromatic nitrogens is 1. The number of rotatable bonds is 2. The van der Waals surface area contributed by atoms with E-state index >= 15 is 0 Å². The van der Waals surface area contributed by atoms with Crippen molar-refractivity contribution in [1.82, 2.24) is 4.98 Å². The molecule has 0 spiro atoms. The number of aryl methyl sites for hydroxylation is 1. The van der Waals surface area contributed by atoms with Gasteiger partial charge in [0.2, 0.25) is 5.91 Å². The van der Waals surface area contributed by atoms with Crippen LogP contribution in [0.1, 0.15) is 18.4 Å². The van der Waals surface area contributed by atoms with Gasteiger partial charge in [0.15, 0.2) is 0 Å². The largest absolute Gasteiger partial charge is 0.324 e. The first-order valence-corrected chi connectivity index (χ1v) is 5.39. The lowest BCUT2D eigenvalue weighted by Gasteiger charge is -2.05. The maximum absolute atomic E-state index is 11.4. The van der Waals surface area contributed by atoms with Crippen molar-refractivity contribution in [3.63, 3.8) is 0 Å². The lowest BCUT2D eigenvalue weighted by atomic mass is 10.3. The molecule has 1 aromatic rings. The van der Waals surface area contributed by atoms with Gasteiger partial charge in [0.1, 0.15) is 4.60 Å². The van der Waals surface area contributed by atoms with Gasteiger partial charge in [0.25, 0.3) is 0 Å². The molecule has 1 saturated carbocycles. The Morgan fingerprint density at radius 1 is 1.64 bits per heavy atom. The second-order valence-corrected chi connectivity index (χ2v) is 4.35. The number of anilines is 1. The summed E-state index contributed by atoms with van der Waals surface area (Å²) in [6, 6.07) is 1.91. The highest BCUT2D eigenvalue weighted by Gasteiger charge is 2.29. The molecule has 0 bridgehead atoms. The topological polar surface area (TPSA) is 42.0 Å². The van der Waals surface area contributed by atoms with E-state index in [4.69, 9.17) is 0 Å². The Morgan fingerprint density at radius 3 is 2.93 bits per heavy atom. The van der Waals surface area contributed by atoms with E-state index in [1.807, 2.05) is 13.0 Å². The number of pyridine rings is 1. The molecule has 1 fully saturated rings. The predicted octanol–water partition coefficient (Wildman–Crippen LogP) is 2.50. The summed E-state index contributed by atoms with van der Waals surface area (Å²) in [5.74, 6) is 0.354. The molecule has 0 atom stereocenters. The van der Waals surface area contributed by atoms with E-state index in [2.05, 4.69) is 26.2 Å². The zero-order chi connectivity index (χ0) is 10.1. The first-order chi connectivity index (χ1) is 6.66. The number of hydrogen-bond donors (Lipinski definition) is 1. The van der Waals surface area contributed by atoms with Crippen molar-refractivity contribution < 1.29 is 4.79 Å².